The van der Waals surface area contributed by atoms with Crippen molar-refractivity contribution in [3.63, 3.8) is 0 Å². The molecule has 0 radical (unpaired) electrons. The number of aromatic carboxylic acids is 1. The molecule has 2 aromatic rings. The zero-order valence-corrected chi connectivity index (χ0v) is 11.1. The normalized spacial score (nSPS) is 9.71. The van der Waals surface area contributed by atoms with Gasteiger partial charge >= 0.3 is 12.0 Å². The first-order chi connectivity index (χ1) is 10.0. The summed E-state index contributed by atoms with van der Waals surface area (Å²) in [6.45, 7) is 1.60. The van der Waals surface area contributed by atoms with E-state index in [9.17, 15) is 9.59 Å². The molecule has 4 N–H and O–H groups in total. The summed E-state index contributed by atoms with van der Waals surface area (Å²) >= 11 is 0. The summed E-state index contributed by atoms with van der Waals surface area (Å²) < 4.78 is 0. The highest BCUT2D eigenvalue weighted by molar-refractivity contribution is 6.05. The Bertz CT molecular complexity index is 726. The molecule has 0 saturated carbocycles. The fraction of sp³-hybridized carbons (Fsp3) is 0.0714. The van der Waals surface area contributed by atoms with Gasteiger partial charge < -0.3 is 20.7 Å². The second-order valence-corrected chi connectivity index (χ2v) is 4.28. The molecule has 0 unspecified atom stereocenters. The van der Waals surface area contributed by atoms with E-state index >= 15 is 0 Å². The van der Waals surface area contributed by atoms with Gasteiger partial charge in [-0.3, -0.25) is 0 Å². The molecule has 0 spiro atoms. The summed E-state index contributed by atoms with van der Waals surface area (Å²) in [5, 5.41) is 22.8. The number of nitrogens with one attached hydrogen (secondary N) is 3. The number of benzene rings is 1. The van der Waals surface area contributed by atoms with Gasteiger partial charge in [-0.25, -0.2) is 9.59 Å². The lowest BCUT2D eigenvalue weighted by atomic mass is 10.2. The van der Waals surface area contributed by atoms with Gasteiger partial charge in [0.1, 0.15) is 5.56 Å². The number of anilines is 2. The Morgan fingerprint density at radius 2 is 1.90 bits per heavy atom. The van der Waals surface area contributed by atoms with E-state index in [1.54, 1.807) is 31.2 Å². The average molecular weight is 284 g/mol. The van der Waals surface area contributed by atoms with Crippen LogP contribution in [-0.2, 0) is 0 Å². The van der Waals surface area contributed by atoms with E-state index in [2.05, 4.69) is 15.6 Å². The molecule has 2 amide bonds. The maximum atomic E-state index is 11.8. The van der Waals surface area contributed by atoms with Crippen LogP contribution in [0.2, 0.25) is 0 Å². The van der Waals surface area contributed by atoms with Crippen molar-refractivity contribution < 1.29 is 14.7 Å². The molecule has 0 atom stereocenters. The second kappa shape index (κ2) is 5.79. The number of aromatic amines is 1. The summed E-state index contributed by atoms with van der Waals surface area (Å²) in [5.41, 5.74) is 1.64. The molecule has 1 aromatic heterocycles. The Morgan fingerprint density at radius 3 is 2.48 bits per heavy atom. The molecular weight excluding hydrogens is 272 g/mol. The maximum Gasteiger partial charge on any atom is 0.339 e. The van der Waals surface area contributed by atoms with Gasteiger partial charge in [0.25, 0.3) is 0 Å². The van der Waals surface area contributed by atoms with Gasteiger partial charge in [-0.1, -0.05) is 0 Å². The number of aromatic nitrogens is 1. The summed E-state index contributed by atoms with van der Waals surface area (Å²) in [5.74, 6) is -1.12. The smallest absolute Gasteiger partial charge is 0.339 e. The van der Waals surface area contributed by atoms with Crippen molar-refractivity contribution >= 4 is 23.4 Å². The first-order valence-corrected chi connectivity index (χ1v) is 6.00. The number of carboxylic acid groups (broad SMARTS) is 1. The van der Waals surface area contributed by atoms with Gasteiger partial charge in [-0.05, 0) is 31.2 Å². The van der Waals surface area contributed by atoms with E-state index in [0.717, 1.165) is 0 Å². The van der Waals surface area contributed by atoms with Gasteiger partial charge in [-0.2, -0.15) is 5.26 Å². The van der Waals surface area contributed by atoms with Crippen LogP contribution >= 0.6 is 0 Å². The first kappa shape index (κ1) is 14.1. The van der Waals surface area contributed by atoms with Gasteiger partial charge in [0.2, 0.25) is 0 Å². The number of aryl methyl sites for hydroxylation is 1. The fourth-order valence-corrected chi connectivity index (χ4v) is 1.81. The number of hydrogen-bond donors (Lipinski definition) is 4. The van der Waals surface area contributed by atoms with Crippen molar-refractivity contribution in [2.45, 2.75) is 6.92 Å². The Morgan fingerprint density at radius 1 is 1.24 bits per heavy atom. The third-order valence-corrected chi connectivity index (χ3v) is 2.81. The van der Waals surface area contributed by atoms with Crippen LogP contribution in [0.5, 0.6) is 0 Å². The summed E-state index contributed by atoms with van der Waals surface area (Å²) in [6, 6.07) is 7.70. The van der Waals surface area contributed by atoms with Gasteiger partial charge in [-0.15, -0.1) is 0 Å². The first-order valence-electron chi connectivity index (χ1n) is 6.00. The minimum Gasteiger partial charge on any atom is -0.478 e. The van der Waals surface area contributed by atoms with Crippen molar-refractivity contribution in [1.82, 2.24) is 4.98 Å². The lowest BCUT2D eigenvalue weighted by molar-refractivity contribution is 0.0697. The van der Waals surface area contributed by atoms with Crippen molar-refractivity contribution in [1.29, 1.82) is 5.26 Å². The van der Waals surface area contributed by atoms with Gasteiger partial charge in [0, 0.05) is 17.6 Å². The van der Waals surface area contributed by atoms with Gasteiger partial charge in [0.05, 0.1) is 17.3 Å². The maximum absolute atomic E-state index is 11.8. The van der Waals surface area contributed by atoms with E-state index in [1.165, 1.54) is 6.20 Å². The highest BCUT2D eigenvalue weighted by atomic mass is 16.4. The number of hydrogen-bond acceptors (Lipinski definition) is 3. The molecule has 0 aliphatic heterocycles. The number of amides is 2. The SMILES string of the molecule is Cc1[nH]cc(NC(=O)Nc2ccc(C#N)cc2)c1C(=O)O. The average Bonchev–Trinajstić information content (AvgIpc) is 2.80. The summed E-state index contributed by atoms with van der Waals surface area (Å²) in [7, 11) is 0. The van der Waals surface area contributed by atoms with Crippen LogP contribution in [-0.4, -0.2) is 22.1 Å². The zero-order valence-electron chi connectivity index (χ0n) is 11.1. The molecule has 0 fully saturated rings. The number of urea groups is 1. The molecule has 7 heteroatoms. The lowest BCUT2D eigenvalue weighted by Crippen LogP contribution is -2.20. The minimum absolute atomic E-state index is 0.0185. The van der Waals surface area contributed by atoms with Crippen LogP contribution in [0.25, 0.3) is 0 Å². The van der Waals surface area contributed by atoms with Crippen LogP contribution in [0.15, 0.2) is 30.5 Å². The molecule has 106 valence electrons. The zero-order chi connectivity index (χ0) is 15.4. The van der Waals surface area contributed by atoms with Gasteiger partial charge in [0.15, 0.2) is 0 Å². The Kier molecular flexibility index (Phi) is 3.90. The number of rotatable bonds is 3. The molecule has 0 aliphatic carbocycles. The highest BCUT2D eigenvalue weighted by Gasteiger charge is 2.17. The molecule has 1 heterocycles. The number of nitriles is 1. The molecule has 7 nitrogen and oxygen atoms in total. The van der Waals surface area contributed by atoms with E-state index in [1.807, 2.05) is 6.07 Å². The second-order valence-electron chi connectivity index (χ2n) is 4.28. The summed E-state index contributed by atoms with van der Waals surface area (Å²) in [6.07, 6.45) is 1.41. The van der Waals surface area contributed by atoms with Crippen LogP contribution in [0.4, 0.5) is 16.2 Å². The topological polar surface area (TPSA) is 118 Å². The molecule has 0 saturated heterocycles. The third kappa shape index (κ3) is 3.19. The number of nitrogens with zero attached hydrogens (tertiary/aromatic N) is 1. The Balaban J connectivity index is 2.08. The van der Waals surface area contributed by atoms with Crippen molar-refractivity contribution in [3.8, 4) is 6.07 Å². The predicted octanol–water partition coefficient (Wildman–Crippen LogP) is 2.54. The third-order valence-electron chi connectivity index (χ3n) is 2.81. The predicted molar refractivity (Wildman–Crippen MR) is 76.3 cm³/mol. The fourth-order valence-electron chi connectivity index (χ4n) is 1.81. The number of carbonyl (C=O) groups excluding carboxylic acids is 1. The highest BCUT2D eigenvalue weighted by Crippen LogP contribution is 2.19. The largest absolute Gasteiger partial charge is 0.478 e. The molecule has 0 bridgehead atoms. The molecular formula is C14H12N4O3. The van der Waals surface area contributed by atoms with Crippen molar-refractivity contribution in [3.05, 3.63) is 47.3 Å². The molecule has 1 aromatic carbocycles. The number of H-pyrrole nitrogens is 1. The monoisotopic (exact) mass is 284 g/mol. The lowest BCUT2D eigenvalue weighted by Gasteiger charge is -2.07. The van der Waals surface area contributed by atoms with E-state index < -0.39 is 12.0 Å². The Hall–Kier alpha value is -3.27. The van der Waals surface area contributed by atoms with Crippen LogP contribution < -0.4 is 10.6 Å². The van der Waals surface area contributed by atoms with Crippen molar-refractivity contribution in [2.24, 2.45) is 0 Å². The van der Waals surface area contributed by atoms with Crippen LogP contribution in [0.3, 0.4) is 0 Å². The quantitative estimate of drug-likeness (QED) is 0.692. The van der Waals surface area contributed by atoms with E-state index in [0.29, 0.717) is 16.9 Å². The number of carbonyl (C=O) groups is 2. The summed E-state index contributed by atoms with van der Waals surface area (Å²) in [4.78, 5) is 25.7. The van der Waals surface area contributed by atoms with Crippen LogP contribution in [0.1, 0.15) is 21.6 Å². The molecule has 0 aliphatic rings. The Labute approximate surface area is 120 Å². The van der Waals surface area contributed by atoms with Crippen LogP contribution in [0, 0.1) is 18.3 Å². The standard InChI is InChI=1S/C14H12N4O3/c1-8-12(13(19)20)11(7-16-8)18-14(21)17-10-4-2-9(6-15)3-5-10/h2-5,7,16H,1H3,(H,19,20)(H2,17,18,21). The minimum atomic E-state index is -1.12. The van der Waals surface area contributed by atoms with E-state index in [4.69, 9.17) is 10.4 Å². The van der Waals surface area contributed by atoms with Crippen molar-refractivity contribution in [2.75, 3.05) is 10.6 Å². The molecule has 2 rings (SSSR count). The van der Waals surface area contributed by atoms with E-state index in [-0.39, 0.29) is 11.3 Å². The number of carboxylic acids is 1. The molecule has 21 heavy (non-hydrogen) atoms.